The van der Waals surface area contributed by atoms with Crippen LogP contribution in [-0.2, 0) is 0 Å². The van der Waals surface area contributed by atoms with Crippen molar-refractivity contribution in [3.05, 3.63) is 124 Å². The first-order chi connectivity index (χ1) is 18.1. The molecule has 0 N–H and O–H groups in total. The van der Waals surface area contributed by atoms with E-state index >= 15 is 0 Å². The minimum atomic E-state index is -0.583. The standard InChI is InChI=1S/C32H24FN3O/c33-25-14-12-22(13-15-25)28-29(27(21-10-11-21)24(18-34)19-35)30-26-9-5-4-6-20(26)16-17-36(30)31(28)32(37)23-7-2-1-3-8-23/h1-9,12-17,21,28-31H,10-11H2/t28-,29-,30+,31+/m0/s1. The van der Waals surface area contributed by atoms with Crippen LogP contribution in [0.1, 0.15) is 51.8 Å². The summed E-state index contributed by atoms with van der Waals surface area (Å²) in [5.74, 6) is -0.915. The number of carbonyl (C=O) groups excluding carboxylic acids is 1. The largest absolute Gasteiger partial charge is 0.359 e. The lowest BCUT2D eigenvalue weighted by Crippen LogP contribution is -2.37. The molecular weight excluding hydrogens is 461 g/mol. The number of rotatable bonds is 5. The van der Waals surface area contributed by atoms with Crippen LogP contribution in [0, 0.1) is 40.3 Å². The highest BCUT2D eigenvalue weighted by Crippen LogP contribution is 2.59. The molecule has 4 nitrogen and oxygen atoms in total. The Morgan fingerprint density at radius 2 is 1.57 bits per heavy atom. The van der Waals surface area contributed by atoms with Crippen molar-refractivity contribution in [1.29, 1.82) is 10.5 Å². The third kappa shape index (κ3) is 3.85. The maximum atomic E-state index is 14.2. The third-order valence-corrected chi connectivity index (χ3v) is 7.92. The summed E-state index contributed by atoms with van der Waals surface area (Å²) in [6.07, 6.45) is 5.84. The van der Waals surface area contributed by atoms with E-state index in [1.165, 1.54) is 12.1 Å². The number of benzene rings is 3. The number of nitriles is 2. The number of allylic oxidation sites excluding steroid dienone is 1. The molecule has 1 saturated heterocycles. The lowest BCUT2D eigenvalue weighted by Gasteiger charge is -2.35. The Hall–Kier alpha value is -4.48. The van der Waals surface area contributed by atoms with Crippen molar-refractivity contribution >= 4 is 11.9 Å². The molecule has 2 heterocycles. The highest BCUT2D eigenvalue weighted by atomic mass is 19.1. The molecule has 5 heteroatoms. The van der Waals surface area contributed by atoms with Crippen molar-refractivity contribution in [2.75, 3.05) is 0 Å². The van der Waals surface area contributed by atoms with Gasteiger partial charge in [0.05, 0.1) is 12.1 Å². The van der Waals surface area contributed by atoms with Crippen LogP contribution in [0.4, 0.5) is 4.39 Å². The molecule has 0 unspecified atom stereocenters. The summed E-state index contributed by atoms with van der Waals surface area (Å²) in [4.78, 5) is 16.3. The molecule has 2 aliphatic heterocycles. The molecule has 0 amide bonds. The van der Waals surface area contributed by atoms with Gasteiger partial charge < -0.3 is 4.90 Å². The third-order valence-electron chi connectivity index (χ3n) is 7.92. The first kappa shape index (κ1) is 23.0. The minimum Gasteiger partial charge on any atom is -0.359 e. The van der Waals surface area contributed by atoms with Crippen LogP contribution >= 0.6 is 0 Å². The van der Waals surface area contributed by atoms with Crippen LogP contribution in [0.5, 0.6) is 0 Å². The van der Waals surface area contributed by atoms with E-state index in [9.17, 15) is 19.7 Å². The van der Waals surface area contributed by atoms with Gasteiger partial charge in [-0.05, 0) is 59.2 Å². The van der Waals surface area contributed by atoms with Crippen molar-refractivity contribution in [2.45, 2.75) is 30.8 Å². The van der Waals surface area contributed by atoms with Gasteiger partial charge in [0.15, 0.2) is 5.78 Å². The molecular formula is C32H24FN3O. The van der Waals surface area contributed by atoms with E-state index in [2.05, 4.69) is 29.2 Å². The SMILES string of the molecule is N#CC(C#N)=C(C1CC1)[C@H]1[C@H](c2ccc(F)cc2)[C@H](C(=O)c2ccccc2)N2C=Cc3ccccc3[C@H]12. The number of hydrogen-bond donors (Lipinski definition) is 0. The van der Waals surface area contributed by atoms with Crippen molar-refractivity contribution < 1.29 is 9.18 Å². The van der Waals surface area contributed by atoms with Gasteiger partial charge in [0.2, 0.25) is 0 Å². The predicted molar refractivity (Wildman–Crippen MR) is 138 cm³/mol. The fourth-order valence-corrected chi connectivity index (χ4v) is 6.28. The molecule has 3 aromatic carbocycles. The van der Waals surface area contributed by atoms with Crippen LogP contribution in [0.15, 0.2) is 96.2 Å². The van der Waals surface area contributed by atoms with Gasteiger partial charge in [0.1, 0.15) is 23.5 Å². The Kier molecular flexibility index (Phi) is 5.70. The summed E-state index contributed by atoms with van der Waals surface area (Å²) in [7, 11) is 0. The number of ketones is 1. The maximum absolute atomic E-state index is 14.2. The Morgan fingerprint density at radius 3 is 2.24 bits per heavy atom. The van der Waals surface area contributed by atoms with E-state index in [1.54, 1.807) is 12.1 Å². The lowest BCUT2D eigenvalue weighted by molar-refractivity contribution is 0.0874. The van der Waals surface area contributed by atoms with E-state index in [-0.39, 0.29) is 41.0 Å². The van der Waals surface area contributed by atoms with Gasteiger partial charge in [-0.15, -0.1) is 0 Å². The summed E-state index contributed by atoms with van der Waals surface area (Å²) >= 11 is 0. The zero-order valence-corrected chi connectivity index (χ0v) is 20.1. The quantitative estimate of drug-likeness (QED) is 0.303. The van der Waals surface area contributed by atoms with Crippen molar-refractivity contribution in [1.82, 2.24) is 4.90 Å². The first-order valence-electron chi connectivity index (χ1n) is 12.6. The Bertz CT molecular complexity index is 1490. The first-order valence-corrected chi connectivity index (χ1v) is 12.6. The van der Waals surface area contributed by atoms with E-state index < -0.39 is 6.04 Å². The molecule has 4 atom stereocenters. The average molecular weight is 486 g/mol. The number of halogens is 1. The fourth-order valence-electron chi connectivity index (χ4n) is 6.28. The average Bonchev–Trinajstić information content (AvgIpc) is 3.72. The molecule has 1 aliphatic carbocycles. The van der Waals surface area contributed by atoms with E-state index in [0.29, 0.717) is 5.56 Å². The van der Waals surface area contributed by atoms with E-state index in [1.807, 2.05) is 54.7 Å². The Balaban J connectivity index is 1.63. The van der Waals surface area contributed by atoms with Gasteiger partial charge in [-0.25, -0.2) is 4.39 Å². The molecule has 37 heavy (non-hydrogen) atoms. The molecule has 0 radical (unpaired) electrons. The summed E-state index contributed by atoms with van der Waals surface area (Å²) < 4.78 is 14.0. The molecule has 2 fully saturated rings. The van der Waals surface area contributed by atoms with Gasteiger partial charge >= 0.3 is 0 Å². The number of nitrogens with zero attached hydrogens (tertiary/aromatic N) is 3. The number of hydrogen-bond acceptors (Lipinski definition) is 4. The molecule has 0 spiro atoms. The van der Waals surface area contributed by atoms with Crippen LogP contribution in [0.2, 0.25) is 0 Å². The van der Waals surface area contributed by atoms with Gasteiger partial charge in [-0.2, -0.15) is 10.5 Å². The van der Waals surface area contributed by atoms with E-state index in [0.717, 1.165) is 35.1 Å². The second kappa shape index (κ2) is 9.19. The smallest absolute Gasteiger partial charge is 0.185 e. The molecule has 0 bridgehead atoms. The summed E-state index contributed by atoms with van der Waals surface area (Å²) in [5, 5.41) is 20.0. The topological polar surface area (TPSA) is 67.9 Å². The van der Waals surface area contributed by atoms with Crippen molar-refractivity contribution in [3.63, 3.8) is 0 Å². The molecule has 6 rings (SSSR count). The van der Waals surface area contributed by atoms with Crippen molar-refractivity contribution in [3.8, 4) is 12.1 Å². The second-order valence-electron chi connectivity index (χ2n) is 9.94. The minimum absolute atomic E-state index is 0.0305. The summed E-state index contributed by atoms with van der Waals surface area (Å²) in [6.45, 7) is 0. The molecule has 0 aromatic heterocycles. The summed E-state index contributed by atoms with van der Waals surface area (Å²) in [6, 6.07) is 27.2. The van der Waals surface area contributed by atoms with Crippen LogP contribution in [0.3, 0.4) is 0 Å². The highest BCUT2D eigenvalue weighted by molar-refractivity contribution is 6.01. The van der Waals surface area contributed by atoms with Gasteiger partial charge in [-0.3, -0.25) is 4.79 Å². The van der Waals surface area contributed by atoms with E-state index in [4.69, 9.17) is 0 Å². The molecule has 180 valence electrons. The Labute approximate surface area is 215 Å². The molecule has 1 saturated carbocycles. The van der Waals surface area contributed by atoms with Crippen LogP contribution < -0.4 is 0 Å². The second-order valence-corrected chi connectivity index (χ2v) is 9.94. The maximum Gasteiger partial charge on any atom is 0.185 e. The fraction of sp³-hybridized carbons (Fsp3) is 0.219. The van der Waals surface area contributed by atoms with Gasteiger partial charge in [-0.1, -0.05) is 66.7 Å². The zero-order valence-electron chi connectivity index (χ0n) is 20.1. The lowest BCUT2D eigenvalue weighted by atomic mass is 9.72. The Morgan fingerprint density at radius 1 is 0.892 bits per heavy atom. The normalized spacial score (nSPS) is 23.4. The van der Waals surface area contributed by atoms with Crippen molar-refractivity contribution in [2.24, 2.45) is 11.8 Å². The monoisotopic (exact) mass is 485 g/mol. The summed E-state index contributed by atoms with van der Waals surface area (Å²) in [5.41, 5.74) is 4.53. The van der Waals surface area contributed by atoms with Crippen LogP contribution in [-0.4, -0.2) is 16.7 Å². The highest BCUT2D eigenvalue weighted by Gasteiger charge is 2.56. The van der Waals surface area contributed by atoms with Gasteiger partial charge in [0, 0.05) is 23.6 Å². The number of fused-ring (bicyclic) bond motifs is 3. The van der Waals surface area contributed by atoms with Crippen LogP contribution in [0.25, 0.3) is 6.08 Å². The predicted octanol–water partition coefficient (Wildman–Crippen LogP) is 6.57. The molecule has 3 aliphatic rings. The number of Topliss-reactive ketones (excluding diaryl/α,β-unsaturated/α-hetero) is 1. The molecule has 3 aromatic rings. The van der Waals surface area contributed by atoms with Gasteiger partial charge in [0.25, 0.3) is 0 Å². The number of carbonyl (C=O) groups is 1. The zero-order chi connectivity index (χ0) is 25.5.